The molecule has 0 fully saturated rings. The van der Waals surface area contributed by atoms with E-state index < -0.39 is 0 Å². The molecule has 0 saturated carbocycles. The summed E-state index contributed by atoms with van der Waals surface area (Å²) in [7, 11) is 1.75. The van der Waals surface area contributed by atoms with Gasteiger partial charge in [-0.05, 0) is 19.3 Å². The number of nitrogens with zero attached hydrogens (tertiary/aromatic N) is 2. The van der Waals surface area contributed by atoms with Crippen LogP contribution < -0.4 is 10.6 Å². The second-order valence-corrected chi connectivity index (χ2v) is 6.66. The molecule has 0 saturated heterocycles. The summed E-state index contributed by atoms with van der Waals surface area (Å²) >= 11 is 0. The van der Waals surface area contributed by atoms with Crippen molar-refractivity contribution in [2.75, 3.05) is 26.8 Å². The number of hydrogen-bond donors (Lipinski definition) is 2. The molecular weight excluding hydrogens is 455 g/mol. The van der Waals surface area contributed by atoms with Gasteiger partial charge in [0.15, 0.2) is 11.7 Å². The number of benzene rings is 1. The van der Waals surface area contributed by atoms with Crippen molar-refractivity contribution in [3.8, 4) is 11.3 Å². The quantitative estimate of drug-likeness (QED) is 0.243. The molecule has 150 valence electrons. The lowest BCUT2D eigenvalue weighted by Crippen LogP contribution is -2.37. The molecule has 27 heavy (non-hydrogen) atoms. The summed E-state index contributed by atoms with van der Waals surface area (Å²) in [5, 5.41) is 6.47. The molecule has 0 aliphatic heterocycles. The molecule has 1 heterocycles. The van der Waals surface area contributed by atoms with Gasteiger partial charge in [0.2, 0.25) is 5.89 Å². The van der Waals surface area contributed by atoms with Gasteiger partial charge in [-0.3, -0.25) is 4.99 Å². The van der Waals surface area contributed by atoms with Crippen LogP contribution in [-0.2, 0) is 11.3 Å². The van der Waals surface area contributed by atoms with E-state index in [1.807, 2.05) is 12.1 Å². The number of aromatic nitrogens is 1. The second kappa shape index (κ2) is 12.7. The van der Waals surface area contributed by atoms with Gasteiger partial charge in [0.05, 0.1) is 12.7 Å². The van der Waals surface area contributed by atoms with Crippen LogP contribution in [0.25, 0.3) is 11.3 Å². The Balaban J connectivity index is 0.00000364. The molecule has 1 aromatic carbocycles. The summed E-state index contributed by atoms with van der Waals surface area (Å²) in [5.41, 5.74) is 2.25. The normalized spacial score (nSPS) is 11.4. The Morgan fingerprint density at radius 2 is 1.96 bits per heavy atom. The maximum absolute atomic E-state index is 5.81. The number of oxazole rings is 1. The highest BCUT2D eigenvalue weighted by atomic mass is 127. The third kappa shape index (κ3) is 8.75. The van der Waals surface area contributed by atoms with Gasteiger partial charge in [-0.1, -0.05) is 43.7 Å². The summed E-state index contributed by atoms with van der Waals surface area (Å²) in [5.74, 6) is 2.70. The predicted octanol–water partition coefficient (Wildman–Crippen LogP) is 4.00. The van der Waals surface area contributed by atoms with Gasteiger partial charge in [0.25, 0.3) is 0 Å². The molecule has 0 spiro atoms. The van der Waals surface area contributed by atoms with E-state index in [4.69, 9.17) is 9.15 Å². The minimum Gasteiger partial charge on any atom is -0.439 e. The number of hydrogen-bond acceptors (Lipinski definition) is 4. The monoisotopic (exact) mass is 486 g/mol. The maximum Gasteiger partial charge on any atom is 0.214 e. The average molecular weight is 486 g/mol. The summed E-state index contributed by atoms with van der Waals surface area (Å²) < 4.78 is 11.4. The third-order valence-electron chi connectivity index (χ3n) is 3.73. The Hall–Kier alpha value is -1.61. The highest BCUT2D eigenvalue weighted by Gasteiger charge is 2.07. The molecule has 7 heteroatoms. The number of aryl methyl sites for hydroxylation is 1. The van der Waals surface area contributed by atoms with Crippen molar-refractivity contribution in [3.63, 3.8) is 0 Å². The lowest BCUT2D eigenvalue weighted by molar-refractivity contribution is 0.108. The third-order valence-corrected chi connectivity index (χ3v) is 3.73. The van der Waals surface area contributed by atoms with Crippen LogP contribution in [0.1, 0.15) is 31.7 Å². The zero-order chi connectivity index (χ0) is 18.8. The van der Waals surface area contributed by atoms with E-state index in [-0.39, 0.29) is 24.0 Å². The lowest BCUT2D eigenvalue weighted by atomic mass is 10.1. The van der Waals surface area contributed by atoms with E-state index in [2.05, 4.69) is 53.5 Å². The number of ether oxygens (including phenoxy) is 1. The average Bonchev–Trinajstić information content (AvgIpc) is 3.10. The van der Waals surface area contributed by atoms with Crippen LogP contribution in [0.3, 0.4) is 0 Å². The van der Waals surface area contributed by atoms with Crippen LogP contribution in [0.15, 0.2) is 39.9 Å². The fourth-order valence-electron chi connectivity index (χ4n) is 2.32. The number of halogens is 1. The summed E-state index contributed by atoms with van der Waals surface area (Å²) in [4.78, 5) is 8.53. The van der Waals surface area contributed by atoms with Gasteiger partial charge in [0.1, 0.15) is 0 Å². The smallest absolute Gasteiger partial charge is 0.214 e. The minimum absolute atomic E-state index is 0. The zero-order valence-electron chi connectivity index (χ0n) is 16.6. The first kappa shape index (κ1) is 23.4. The molecule has 0 amide bonds. The van der Waals surface area contributed by atoms with Crippen LogP contribution in [0.5, 0.6) is 0 Å². The van der Waals surface area contributed by atoms with Crippen molar-refractivity contribution < 1.29 is 9.15 Å². The van der Waals surface area contributed by atoms with Gasteiger partial charge < -0.3 is 19.8 Å². The van der Waals surface area contributed by atoms with Crippen LogP contribution in [0.4, 0.5) is 0 Å². The fourth-order valence-corrected chi connectivity index (χ4v) is 2.32. The molecule has 0 unspecified atom stereocenters. The Kier molecular flexibility index (Phi) is 11.0. The maximum atomic E-state index is 5.81. The van der Waals surface area contributed by atoms with Crippen molar-refractivity contribution in [1.29, 1.82) is 0 Å². The van der Waals surface area contributed by atoms with Crippen LogP contribution in [-0.4, -0.2) is 37.7 Å². The SMILES string of the molecule is CN=C(NCCCOCC(C)C)NCc1ncc(-c2ccc(C)cc2)o1.I. The number of rotatable bonds is 9. The first-order valence-corrected chi connectivity index (χ1v) is 9.12. The van der Waals surface area contributed by atoms with Crippen molar-refractivity contribution in [2.45, 2.75) is 33.7 Å². The molecule has 2 rings (SSSR count). The molecule has 0 aliphatic rings. The first-order chi connectivity index (χ1) is 12.6. The second-order valence-electron chi connectivity index (χ2n) is 6.66. The highest BCUT2D eigenvalue weighted by molar-refractivity contribution is 14.0. The topological polar surface area (TPSA) is 71.7 Å². The molecule has 2 aromatic rings. The van der Waals surface area contributed by atoms with Gasteiger partial charge in [0, 0.05) is 32.4 Å². The van der Waals surface area contributed by atoms with E-state index in [1.165, 1.54) is 5.56 Å². The molecule has 0 radical (unpaired) electrons. The van der Waals surface area contributed by atoms with Gasteiger partial charge in [-0.2, -0.15) is 0 Å². The summed E-state index contributed by atoms with van der Waals surface area (Å²) in [6.07, 6.45) is 2.69. The van der Waals surface area contributed by atoms with Gasteiger partial charge in [-0.15, -0.1) is 24.0 Å². The molecule has 2 N–H and O–H groups in total. The minimum atomic E-state index is 0. The molecule has 0 atom stereocenters. The van der Waals surface area contributed by atoms with Gasteiger partial charge >= 0.3 is 0 Å². The van der Waals surface area contributed by atoms with Gasteiger partial charge in [-0.25, -0.2) is 4.98 Å². The summed E-state index contributed by atoms with van der Waals surface area (Å²) in [6.45, 7) is 9.21. The van der Waals surface area contributed by atoms with Crippen molar-refractivity contribution in [1.82, 2.24) is 15.6 Å². The van der Waals surface area contributed by atoms with Crippen LogP contribution in [0, 0.1) is 12.8 Å². The summed E-state index contributed by atoms with van der Waals surface area (Å²) in [6, 6.07) is 8.20. The van der Waals surface area contributed by atoms with E-state index >= 15 is 0 Å². The molecule has 1 aromatic heterocycles. The van der Waals surface area contributed by atoms with E-state index in [9.17, 15) is 0 Å². The zero-order valence-corrected chi connectivity index (χ0v) is 18.9. The fraction of sp³-hybridized carbons (Fsp3) is 0.500. The Labute approximate surface area is 179 Å². The molecular formula is C20H31IN4O2. The van der Waals surface area contributed by atoms with E-state index in [0.717, 1.165) is 43.5 Å². The number of guanidine groups is 1. The molecule has 0 aliphatic carbocycles. The lowest BCUT2D eigenvalue weighted by Gasteiger charge is -2.11. The van der Waals surface area contributed by atoms with Crippen molar-refractivity contribution in [3.05, 3.63) is 41.9 Å². The van der Waals surface area contributed by atoms with Crippen molar-refractivity contribution in [2.24, 2.45) is 10.9 Å². The highest BCUT2D eigenvalue weighted by Crippen LogP contribution is 2.20. The predicted molar refractivity (Wildman–Crippen MR) is 121 cm³/mol. The number of nitrogens with one attached hydrogen (secondary N) is 2. The van der Waals surface area contributed by atoms with Crippen LogP contribution in [0.2, 0.25) is 0 Å². The molecule has 0 bridgehead atoms. The first-order valence-electron chi connectivity index (χ1n) is 9.12. The van der Waals surface area contributed by atoms with E-state index in [1.54, 1.807) is 13.2 Å². The van der Waals surface area contributed by atoms with Crippen LogP contribution >= 0.6 is 24.0 Å². The molecule has 6 nitrogen and oxygen atoms in total. The largest absolute Gasteiger partial charge is 0.439 e. The van der Waals surface area contributed by atoms with E-state index in [0.29, 0.717) is 18.4 Å². The Morgan fingerprint density at radius 1 is 1.22 bits per heavy atom. The van der Waals surface area contributed by atoms with Crippen molar-refractivity contribution >= 4 is 29.9 Å². The number of aliphatic imine (C=N–C) groups is 1. The Bertz CT molecular complexity index is 684. The Morgan fingerprint density at radius 3 is 2.63 bits per heavy atom. The standard InChI is InChI=1S/C20H30N4O2.HI/c1-15(2)14-25-11-5-10-22-20(21-4)24-13-19-23-12-18(26-19)17-8-6-16(3)7-9-17;/h6-9,12,15H,5,10-11,13-14H2,1-4H3,(H2,21,22,24);1H.